The minimum absolute atomic E-state index is 0.222. The number of benzene rings is 2. The number of nitrogens with one attached hydrogen (secondary N) is 1. The van der Waals surface area contributed by atoms with E-state index in [-0.39, 0.29) is 5.56 Å². The molecule has 0 radical (unpaired) electrons. The zero-order valence-electron chi connectivity index (χ0n) is 22.7. The molecule has 0 saturated carbocycles. The summed E-state index contributed by atoms with van der Waals surface area (Å²) in [6.45, 7) is 6.98. The highest BCUT2D eigenvalue weighted by Crippen LogP contribution is 2.32. The van der Waals surface area contributed by atoms with Crippen LogP contribution in [0.2, 0.25) is 0 Å². The van der Waals surface area contributed by atoms with Gasteiger partial charge in [-0.15, -0.1) is 5.10 Å². The van der Waals surface area contributed by atoms with Crippen LogP contribution in [0.15, 0.2) is 76.1 Å². The Balaban J connectivity index is 1.71. The van der Waals surface area contributed by atoms with Gasteiger partial charge in [0.2, 0.25) is 0 Å². The summed E-state index contributed by atoms with van der Waals surface area (Å²) in [7, 11) is 3.26. The minimum atomic E-state index is -0.606. The highest BCUT2D eigenvalue weighted by Gasteiger charge is 2.34. The summed E-state index contributed by atoms with van der Waals surface area (Å²) in [6, 6.07) is 18.5. The summed E-state index contributed by atoms with van der Waals surface area (Å²) in [5.74, 6) is 2.77. The molecular weight excluding hydrogens is 496 g/mol. The number of rotatable bonds is 9. The van der Waals surface area contributed by atoms with Gasteiger partial charge in [-0.3, -0.25) is 9.69 Å². The molecular formula is C29H32N6O4. The average Bonchev–Trinajstić information content (AvgIpc) is 3.62. The fraction of sp³-hybridized carbons (Fsp3) is 0.310. The van der Waals surface area contributed by atoms with Gasteiger partial charge in [0.25, 0.3) is 5.56 Å². The number of hydrogen-bond acceptors (Lipinski definition) is 8. The van der Waals surface area contributed by atoms with Gasteiger partial charge in [0.05, 0.1) is 32.6 Å². The number of nitrogens with zero attached hydrogens (tertiary/aromatic N) is 5. The van der Waals surface area contributed by atoms with E-state index in [0.29, 0.717) is 35.7 Å². The number of aromatic nitrogens is 5. The zero-order chi connectivity index (χ0) is 27.6. The summed E-state index contributed by atoms with van der Waals surface area (Å²) in [5.41, 5.74) is 1.60. The van der Waals surface area contributed by atoms with Crippen LogP contribution in [0.5, 0.6) is 11.5 Å². The Bertz CT molecular complexity index is 1600. The van der Waals surface area contributed by atoms with Crippen molar-refractivity contribution in [2.24, 2.45) is 0 Å². The van der Waals surface area contributed by atoms with E-state index in [0.717, 1.165) is 22.5 Å². The van der Waals surface area contributed by atoms with Gasteiger partial charge in [-0.25, -0.2) is 4.68 Å². The SMILES string of the molecule is COc1ccc(CN(Cc2ccco2)[C@@H](c2cc3cc(OC)ccc3[nH]c2=O)c2nnnn2C(C)(C)C)cc1. The van der Waals surface area contributed by atoms with Crippen molar-refractivity contribution in [3.63, 3.8) is 0 Å². The Hall–Kier alpha value is -4.44. The Morgan fingerprint density at radius 1 is 1.00 bits per heavy atom. The fourth-order valence-electron chi connectivity index (χ4n) is 4.68. The largest absolute Gasteiger partial charge is 0.497 e. The topological polar surface area (TPSA) is 111 Å². The van der Waals surface area contributed by atoms with Crippen molar-refractivity contribution in [3.05, 3.63) is 100.0 Å². The molecule has 39 heavy (non-hydrogen) atoms. The number of methoxy groups -OCH3 is 2. The maximum Gasteiger partial charge on any atom is 0.253 e. The van der Waals surface area contributed by atoms with Crippen LogP contribution < -0.4 is 15.0 Å². The zero-order valence-corrected chi connectivity index (χ0v) is 22.7. The Kier molecular flexibility index (Phi) is 7.21. The monoisotopic (exact) mass is 528 g/mol. The van der Waals surface area contributed by atoms with Crippen LogP contribution >= 0.6 is 0 Å². The molecule has 0 unspecified atom stereocenters. The molecule has 1 atom stereocenters. The second-order valence-corrected chi connectivity index (χ2v) is 10.4. The third-order valence-electron chi connectivity index (χ3n) is 6.60. The summed E-state index contributed by atoms with van der Waals surface area (Å²) in [5, 5.41) is 13.7. The van der Waals surface area contributed by atoms with Crippen LogP contribution in [0.3, 0.4) is 0 Å². The molecule has 0 saturated heterocycles. The molecule has 10 heteroatoms. The molecule has 202 valence electrons. The molecule has 5 rings (SSSR count). The second-order valence-electron chi connectivity index (χ2n) is 10.4. The van der Waals surface area contributed by atoms with Gasteiger partial charge in [0.1, 0.15) is 23.3 Å². The molecule has 0 aliphatic carbocycles. The van der Waals surface area contributed by atoms with Crippen molar-refractivity contribution < 1.29 is 13.9 Å². The highest BCUT2D eigenvalue weighted by atomic mass is 16.5. The Morgan fingerprint density at radius 3 is 2.41 bits per heavy atom. The lowest BCUT2D eigenvalue weighted by Gasteiger charge is -2.32. The molecule has 2 aromatic carbocycles. The number of hydrogen-bond donors (Lipinski definition) is 1. The van der Waals surface area contributed by atoms with Crippen molar-refractivity contribution >= 4 is 10.9 Å². The van der Waals surface area contributed by atoms with Gasteiger partial charge < -0.3 is 18.9 Å². The average molecular weight is 529 g/mol. The van der Waals surface area contributed by atoms with Crippen molar-refractivity contribution in [3.8, 4) is 11.5 Å². The molecule has 0 fully saturated rings. The highest BCUT2D eigenvalue weighted by molar-refractivity contribution is 5.80. The van der Waals surface area contributed by atoms with Crippen molar-refractivity contribution in [2.45, 2.75) is 45.4 Å². The molecule has 10 nitrogen and oxygen atoms in total. The maximum atomic E-state index is 13.7. The lowest BCUT2D eigenvalue weighted by molar-refractivity contribution is 0.171. The smallest absolute Gasteiger partial charge is 0.253 e. The second kappa shape index (κ2) is 10.7. The third kappa shape index (κ3) is 5.56. The number of fused-ring (bicyclic) bond motifs is 1. The van der Waals surface area contributed by atoms with Crippen molar-refractivity contribution in [1.29, 1.82) is 0 Å². The van der Waals surface area contributed by atoms with Crippen LogP contribution in [0.4, 0.5) is 0 Å². The predicted octanol–water partition coefficient (Wildman–Crippen LogP) is 4.67. The van der Waals surface area contributed by atoms with Gasteiger partial charge in [0, 0.05) is 23.0 Å². The number of aromatic amines is 1. The lowest BCUT2D eigenvalue weighted by Crippen LogP contribution is -2.37. The lowest BCUT2D eigenvalue weighted by atomic mass is 10.0. The number of ether oxygens (including phenoxy) is 2. The van der Waals surface area contributed by atoms with Crippen LogP contribution in [-0.4, -0.2) is 44.3 Å². The normalized spacial score (nSPS) is 12.7. The molecule has 1 N–H and O–H groups in total. The molecule has 3 heterocycles. The molecule has 0 aliphatic rings. The molecule has 5 aromatic rings. The standard InChI is InChI=1S/C29H32N6O4/c1-29(2,3)35-27(31-32-33-35)26(24-16-20-15-22(38-5)12-13-25(20)30-28(24)36)34(18-23-7-6-14-39-23)17-19-8-10-21(37-4)11-9-19/h6-16,26H,17-18H2,1-5H3,(H,30,36)/t26-/m0/s1. The summed E-state index contributed by atoms with van der Waals surface area (Å²) in [4.78, 5) is 18.9. The van der Waals surface area contributed by atoms with E-state index in [1.54, 1.807) is 25.2 Å². The molecule has 0 spiro atoms. The van der Waals surface area contributed by atoms with E-state index < -0.39 is 11.6 Å². The summed E-state index contributed by atoms with van der Waals surface area (Å²) in [6.07, 6.45) is 1.64. The van der Waals surface area contributed by atoms with Gasteiger partial charge >= 0.3 is 0 Å². The maximum absolute atomic E-state index is 13.7. The molecule has 0 aliphatic heterocycles. The quantitative estimate of drug-likeness (QED) is 0.294. The first-order chi connectivity index (χ1) is 18.8. The molecule has 3 aromatic heterocycles. The minimum Gasteiger partial charge on any atom is -0.497 e. The van der Waals surface area contributed by atoms with Crippen molar-refractivity contribution in [2.75, 3.05) is 14.2 Å². The first kappa shape index (κ1) is 26.2. The van der Waals surface area contributed by atoms with E-state index in [1.807, 2.05) is 81.4 Å². The van der Waals surface area contributed by atoms with Gasteiger partial charge in [-0.05, 0) is 85.3 Å². The summed E-state index contributed by atoms with van der Waals surface area (Å²) >= 11 is 0. The predicted molar refractivity (Wildman–Crippen MR) is 147 cm³/mol. The number of tetrazole rings is 1. The fourth-order valence-corrected chi connectivity index (χ4v) is 4.68. The molecule has 0 bridgehead atoms. The number of furan rings is 1. The van der Waals surface area contributed by atoms with Gasteiger partial charge in [0.15, 0.2) is 5.82 Å². The van der Waals surface area contributed by atoms with Gasteiger partial charge in [-0.1, -0.05) is 12.1 Å². The van der Waals surface area contributed by atoms with E-state index in [9.17, 15) is 4.79 Å². The van der Waals surface area contributed by atoms with E-state index in [2.05, 4.69) is 25.4 Å². The summed E-state index contributed by atoms with van der Waals surface area (Å²) < 4.78 is 18.3. The van der Waals surface area contributed by atoms with Crippen LogP contribution in [0.1, 0.15) is 49.5 Å². The van der Waals surface area contributed by atoms with Crippen LogP contribution in [0.25, 0.3) is 10.9 Å². The Labute approximate surface area is 226 Å². The van der Waals surface area contributed by atoms with E-state index in [1.165, 1.54) is 0 Å². The molecule has 0 amide bonds. The Morgan fingerprint density at radius 2 is 1.74 bits per heavy atom. The van der Waals surface area contributed by atoms with Crippen molar-refractivity contribution in [1.82, 2.24) is 30.1 Å². The number of H-pyrrole nitrogens is 1. The van der Waals surface area contributed by atoms with Gasteiger partial charge in [-0.2, -0.15) is 0 Å². The third-order valence-corrected chi connectivity index (χ3v) is 6.60. The van der Waals surface area contributed by atoms with E-state index in [4.69, 9.17) is 13.9 Å². The van der Waals surface area contributed by atoms with E-state index >= 15 is 0 Å². The first-order valence-corrected chi connectivity index (χ1v) is 12.7. The number of pyridine rings is 1. The first-order valence-electron chi connectivity index (χ1n) is 12.7. The van der Waals surface area contributed by atoms with Crippen LogP contribution in [-0.2, 0) is 18.6 Å². The van der Waals surface area contributed by atoms with Crippen LogP contribution in [0, 0.1) is 0 Å².